The molecule has 0 aliphatic carbocycles. The normalized spacial score (nSPS) is 11.9. The molecule has 0 aromatic heterocycles. The Morgan fingerprint density at radius 1 is 1.56 bits per heavy atom. The fraction of sp³-hybridized carbons (Fsp3) is 0.364. The maximum Gasteiger partial charge on any atom is 0.227 e. The van der Waals surface area contributed by atoms with E-state index >= 15 is 0 Å². The van der Waals surface area contributed by atoms with E-state index in [0.717, 1.165) is 11.1 Å². The number of aryl methyl sites for hydroxylation is 1. The summed E-state index contributed by atoms with van der Waals surface area (Å²) in [6.45, 7) is 2.95. The maximum atomic E-state index is 11.0. The summed E-state index contributed by atoms with van der Waals surface area (Å²) in [6.07, 6.45) is 0. The van der Waals surface area contributed by atoms with E-state index in [4.69, 9.17) is 0 Å². The first kappa shape index (κ1) is 12.2. The zero-order valence-electron chi connectivity index (χ0n) is 9.27. The molecule has 1 atom stereocenters. The molecule has 0 aliphatic heterocycles. The number of carbonyl (C=O) groups excluding carboxylic acids is 1. The van der Waals surface area contributed by atoms with Crippen molar-refractivity contribution in [1.82, 2.24) is 5.32 Å². The topological polar surface area (TPSA) is 72.2 Å². The van der Waals surface area contributed by atoms with Crippen molar-refractivity contribution in [2.45, 2.75) is 19.9 Å². The van der Waals surface area contributed by atoms with E-state index in [9.17, 15) is 14.9 Å². The summed E-state index contributed by atoms with van der Waals surface area (Å²) in [5.74, 6) is -0.270. The molecule has 0 fully saturated rings. The van der Waals surface area contributed by atoms with E-state index in [1.807, 2.05) is 25.1 Å². The Morgan fingerprint density at radius 3 is 2.75 bits per heavy atom. The van der Waals surface area contributed by atoms with Crippen molar-refractivity contribution in [2.24, 2.45) is 0 Å². The summed E-state index contributed by atoms with van der Waals surface area (Å²) in [5.41, 5.74) is 1.77. The molecule has 1 N–H and O–H groups in total. The second-order valence-electron chi connectivity index (χ2n) is 3.68. The number of hydrogen-bond acceptors (Lipinski definition) is 3. The molecule has 1 aromatic carbocycles. The molecule has 16 heavy (non-hydrogen) atoms. The largest absolute Gasteiger partial charge is 0.343 e. The third kappa shape index (κ3) is 3.68. The summed E-state index contributed by atoms with van der Waals surface area (Å²) >= 11 is 0. The molecular weight excluding hydrogens is 208 g/mol. The molecule has 5 nitrogen and oxygen atoms in total. The minimum atomic E-state index is -0.563. The Bertz CT molecular complexity index is 388. The number of nitrogens with one attached hydrogen (secondary N) is 1. The first-order valence-corrected chi connectivity index (χ1v) is 4.94. The lowest BCUT2D eigenvalue weighted by Gasteiger charge is -2.14. The predicted octanol–water partition coefficient (Wildman–Crippen LogP) is 1.45. The Kier molecular flexibility index (Phi) is 3.99. The van der Waals surface area contributed by atoms with Crippen LogP contribution in [0.4, 0.5) is 0 Å². The SMILES string of the molecule is CC(=O)N[C@@H](C[N+](=O)[O-])c1cccc(C)c1. The van der Waals surface area contributed by atoms with Crippen LogP contribution in [0.25, 0.3) is 0 Å². The molecule has 0 heterocycles. The second kappa shape index (κ2) is 5.25. The summed E-state index contributed by atoms with van der Waals surface area (Å²) in [7, 11) is 0. The van der Waals surface area contributed by atoms with Gasteiger partial charge in [0.15, 0.2) is 0 Å². The number of nitro groups is 1. The van der Waals surface area contributed by atoms with Gasteiger partial charge in [-0.15, -0.1) is 0 Å². The predicted molar refractivity (Wildman–Crippen MR) is 59.6 cm³/mol. The molecule has 0 unspecified atom stereocenters. The van der Waals surface area contributed by atoms with Gasteiger partial charge in [-0.2, -0.15) is 0 Å². The van der Waals surface area contributed by atoms with Gasteiger partial charge in [-0.1, -0.05) is 29.8 Å². The van der Waals surface area contributed by atoms with E-state index in [-0.39, 0.29) is 12.5 Å². The van der Waals surface area contributed by atoms with Crippen LogP contribution in [0.15, 0.2) is 24.3 Å². The van der Waals surface area contributed by atoms with Gasteiger partial charge in [0.2, 0.25) is 12.5 Å². The Balaban J connectivity index is 2.90. The molecule has 0 aliphatic rings. The van der Waals surface area contributed by atoms with Crippen molar-refractivity contribution >= 4 is 5.91 Å². The maximum absolute atomic E-state index is 11.0. The first-order valence-electron chi connectivity index (χ1n) is 4.94. The molecule has 0 saturated heterocycles. The van der Waals surface area contributed by atoms with E-state index in [1.54, 1.807) is 6.07 Å². The van der Waals surface area contributed by atoms with Gasteiger partial charge in [0, 0.05) is 11.8 Å². The molecule has 5 heteroatoms. The molecule has 0 saturated carbocycles. The van der Waals surface area contributed by atoms with Gasteiger partial charge in [0.05, 0.1) is 0 Å². The number of rotatable bonds is 4. The molecule has 0 radical (unpaired) electrons. The van der Waals surface area contributed by atoms with Crippen LogP contribution in [0.2, 0.25) is 0 Å². The van der Waals surface area contributed by atoms with Gasteiger partial charge in [0.1, 0.15) is 6.04 Å². The van der Waals surface area contributed by atoms with Gasteiger partial charge in [-0.05, 0) is 12.5 Å². The Morgan fingerprint density at radius 2 is 2.25 bits per heavy atom. The van der Waals surface area contributed by atoms with Gasteiger partial charge in [0.25, 0.3) is 0 Å². The molecule has 1 amide bonds. The second-order valence-corrected chi connectivity index (χ2v) is 3.68. The van der Waals surface area contributed by atoms with Crippen LogP contribution in [0.3, 0.4) is 0 Å². The average molecular weight is 222 g/mol. The minimum Gasteiger partial charge on any atom is -0.343 e. The number of benzene rings is 1. The van der Waals surface area contributed by atoms with Crippen molar-refractivity contribution in [3.8, 4) is 0 Å². The van der Waals surface area contributed by atoms with Crippen LogP contribution in [0.5, 0.6) is 0 Å². The van der Waals surface area contributed by atoms with E-state index in [2.05, 4.69) is 5.32 Å². The lowest BCUT2D eigenvalue weighted by Crippen LogP contribution is -2.31. The van der Waals surface area contributed by atoms with Crippen molar-refractivity contribution in [3.05, 3.63) is 45.5 Å². The average Bonchev–Trinajstić information content (AvgIpc) is 2.15. The van der Waals surface area contributed by atoms with Crippen LogP contribution < -0.4 is 5.32 Å². The summed E-state index contributed by atoms with van der Waals surface area (Å²) in [6, 6.07) is 6.77. The highest BCUT2D eigenvalue weighted by Crippen LogP contribution is 2.14. The highest BCUT2D eigenvalue weighted by molar-refractivity contribution is 5.73. The summed E-state index contributed by atoms with van der Waals surface area (Å²) in [5, 5.41) is 13.1. The number of amides is 1. The fourth-order valence-corrected chi connectivity index (χ4v) is 1.52. The summed E-state index contributed by atoms with van der Waals surface area (Å²) < 4.78 is 0. The zero-order chi connectivity index (χ0) is 12.1. The smallest absolute Gasteiger partial charge is 0.227 e. The molecule has 1 rings (SSSR count). The zero-order valence-corrected chi connectivity index (χ0v) is 9.27. The molecule has 0 spiro atoms. The van der Waals surface area contributed by atoms with E-state index < -0.39 is 11.0 Å². The van der Waals surface area contributed by atoms with Crippen molar-refractivity contribution in [3.63, 3.8) is 0 Å². The molecule has 1 aromatic rings. The summed E-state index contributed by atoms with van der Waals surface area (Å²) in [4.78, 5) is 21.0. The van der Waals surface area contributed by atoms with Crippen LogP contribution in [-0.2, 0) is 4.79 Å². The van der Waals surface area contributed by atoms with Gasteiger partial charge in [-0.25, -0.2) is 0 Å². The number of nitrogens with zero attached hydrogens (tertiary/aromatic N) is 1. The lowest BCUT2D eigenvalue weighted by molar-refractivity contribution is -0.484. The fourth-order valence-electron chi connectivity index (χ4n) is 1.52. The molecule has 86 valence electrons. The highest BCUT2D eigenvalue weighted by atomic mass is 16.6. The van der Waals surface area contributed by atoms with Crippen molar-refractivity contribution < 1.29 is 9.72 Å². The van der Waals surface area contributed by atoms with Crippen molar-refractivity contribution in [1.29, 1.82) is 0 Å². The quantitative estimate of drug-likeness (QED) is 0.619. The minimum absolute atomic E-state index is 0.270. The van der Waals surface area contributed by atoms with Crippen LogP contribution in [0, 0.1) is 17.0 Å². The van der Waals surface area contributed by atoms with Crippen LogP contribution >= 0.6 is 0 Å². The van der Waals surface area contributed by atoms with Gasteiger partial charge < -0.3 is 5.32 Å². The van der Waals surface area contributed by atoms with Crippen LogP contribution in [0.1, 0.15) is 24.1 Å². The Hall–Kier alpha value is -1.91. The monoisotopic (exact) mass is 222 g/mol. The lowest BCUT2D eigenvalue weighted by atomic mass is 10.0. The number of hydrogen-bond donors (Lipinski definition) is 1. The van der Waals surface area contributed by atoms with Gasteiger partial charge >= 0.3 is 0 Å². The number of carbonyl (C=O) groups is 1. The first-order chi connectivity index (χ1) is 7.49. The molecular formula is C11H14N2O3. The van der Waals surface area contributed by atoms with E-state index in [1.165, 1.54) is 6.92 Å². The standard InChI is InChI=1S/C11H14N2O3/c1-8-4-3-5-10(6-8)11(7-13(15)16)12-9(2)14/h3-6,11H,7H2,1-2H3,(H,12,14)/t11-/m0/s1. The highest BCUT2D eigenvalue weighted by Gasteiger charge is 2.18. The third-order valence-corrected chi connectivity index (χ3v) is 2.15. The Labute approximate surface area is 93.6 Å². The van der Waals surface area contributed by atoms with E-state index in [0.29, 0.717) is 0 Å². The molecule has 0 bridgehead atoms. The van der Waals surface area contributed by atoms with Crippen molar-refractivity contribution in [2.75, 3.05) is 6.54 Å². The van der Waals surface area contributed by atoms with Crippen LogP contribution in [-0.4, -0.2) is 17.4 Å². The van der Waals surface area contributed by atoms with Gasteiger partial charge in [-0.3, -0.25) is 14.9 Å². The third-order valence-electron chi connectivity index (χ3n) is 2.15.